The molecule has 0 atom stereocenters. The molecule has 0 saturated carbocycles. The molecule has 3 aromatic rings. The van der Waals surface area contributed by atoms with E-state index in [2.05, 4.69) is 30.5 Å². The fourth-order valence-corrected chi connectivity index (χ4v) is 2.45. The van der Waals surface area contributed by atoms with Crippen LogP contribution in [0.2, 0.25) is 0 Å². The summed E-state index contributed by atoms with van der Waals surface area (Å²) in [6, 6.07) is 11.9. The van der Waals surface area contributed by atoms with Crippen molar-refractivity contribution in [2.75, 3.05) is 37.8 Å². The highest BCUT2D eigenvalue weighted by Crippen LogP contribution is 2.23. The van der Waals surface area contributed by atoms with Crippen molar-refractivity contribution in [3.63, 3.8) is 0 Å². The van der Waals surface area contributed by atoms with Crippen LogP contribution in [0.4, 0.5) is 17.5 Å². The molecule has 0 aliphatic heterocycles. The topological polar surface area (TPSA) is 66.0 Å². The van der Waals surface area contributed by atoms with Crippen LogP contribution in [0.1, 0.15) is 5.69 Å². The first-order valence-electron chi connectivity index (χ1n) is 7.97. The summed E-state index contributed by atoms with van der Waals surface area (Å²) in [5, 5.41) is 7.71. The molecule has 1 aromatic carbocycles. The number of aromatic nitrogens is 3. The fourth-order valence-electron chi connectivity index (χ4n) is 2.45. The molecule has 0 aliphatic carbocycles. The second-order valence-electron chi connectivity index (χ2n) is 5.95. The minimum absolute atomic E-state index is 0.570. The first-order valence-corrected chi connectivity index (χ1v) is 7.97. The standard InChI is InChI=1S/C18H22N6/c1-13-12-16(19-10-11-24(2)3)23-18(21-13)22-15-8-4-6-14-7-5-9-20-17(14)15/h4-9,12H,10-11H2,1-3H3,(H2,19,21,22,23). The van der Waals surface area contributed by atoms with E-state index < -0.39 is 0 Å². The van der Waals surface area contributed by atoms with Crippen molar-refractivity contribution in [2.24, 2.45) is 0 Å². The molecule has 0 aliphatic rings. The summed E-state index contributed by atoms with van der Waals surface area (Å²) in [6.07, 6.45) is 1.79. The van der Waals surface area contributed by atoms with Crippen molar-refractivity contribution in [2.45, 2.75) is 6.92 Å². The van der Waals surface area contributed by atoms with Gasteiger partial charge in [0.15, 0.2) is 0 Å². The molecule has 0 fully saturated rings. The summed E-state index contributed by atoms with van der Waals surface area (Å²) in [4.78, 5) is 15.6. The van der Waals surface area contributed by atoms with Crippen LogP contribution < -0.4 is 10.6 Å². The number of rotatable bonds is 6. The monoisotopic (exact) mass is 322 g/mol. The predicted octanol–water partition coefficient (Wildman–Crippen LogP) is 3.05. The number of para-hydroxylation sites is 1. The van der Waals surface area contributed by atoms with Crippen LogP contribution >= 0.6 is 0 Å². The van der Waals surface area contributed by atoms with E-state index in [0.29, 0.717) is 5.95 Å². The summed E-state index contributed by atoms with van der Waals surface area (Å²) < 4.78 is 0. The quantitative estimate of drug-likeness (QED) is 0.727. The highest BCUT2D eigenvalue weighted by Gasteiger charge is 2.06. The molecule has 24 heavy (non-hydrogen) atoms. The van der Waals surface area contributed by atoms with Crippen molar-refractivity contribution in [3.05, 3.63) is 48.3 Å². The number of nitrogens with one attached hydrogen (secondary N) is 2. The van der Waals surface area contributed by atoms with Gasteiger partial charge in [0, 0.05) is 36.4 Å². The molecule has 2 heterocycles. The van der Waals surface area contributed by atoms with Crippen molar-refractivity contribution < 1.29 is 0 Å². The molecule has 6 heteroatoms. The summed E-state index contributed by atoms with van der Waals surface area (Å²) >= 11 is 0. The minimum Gasteiger partial charge on any atom is -0.369 e. The van der Waals surface area contributed by atoms with Gasteiger partial charge < -0.3 is 15.5 Å². The van der Waals surface area contributed by atoms with Crippen LogP contribution in [0.5, 0.6) is 0 Å². The molecule has 0 bridgehead atoms. The maximum Gasteiger partial charge on any atom is 0.229 e. The van der Waals surface area contributed by atoms with Gasteiger partial charge in [0.05, 0.1) is 11.2 Å². The molecule has 2 N–H and O–H groups in total. The molecular formula is C18H22N6. The van der Waals surface area contributed by atoms with Crippen LogP contribution in [0, 0.1) is 6.92 Å². The third-order valence-electron chi connectivity index (χ3n) is 3.60. The largest absolute Gasteiger partial charge is 0.369 e. The van der Waals surface area contributed by atoms with E-state index in [1.807, 2.05) is 57.4 Å². The van der Waals surface area contributed by atoms with Crippen LogP contribution in [-0.4, -0.2) is 47.0 Å². The van der Waals surface area contributed by atoms with Crippen molar-refractivity contribution in [1.82, 2.24) is 19.9 Å². The Morgan fingerprint density at radius 2 is 1.92 bits per heavy atom. The van der Waals surface area contributed by atoms with Crippen molar-refractivity contribution >= 4 is 28.4 Å². The van der Waals surface area contributed by atoms with E-state index in [-0.39, 0.29) is 0 Å². The van der Waals surface area contributed by atoms with Gasteiger partial charge in [0.1, 0.15) is 5.82 Å². The molecule has 3 rings (SSSR count). The fraction of sp³-hybridized carbons (Fsp3) is 0.278. The smallest absolute Gasteiger partial charge is 0.229 e. The Balaban J connectivity index is 1.82. The number of hydrogen-bond donors (Lipinski definition) is 2. The molecule has 124 valence electrons. The Bertz CT molecular complexity index is 825. The number of anilines is 3. The number of benzene rings is 1. The Kier molecular flexibility index (Phi) is 4.86. The Labute approximate surface area is 142 Å². The van der Waals surface area contributed by atoms with Crippen molar-refractivity contribution in [3.8, 4) is 0 Å². The predicted molar refractivity (Wildman–Crippen MR) is 98.8 cm³/mol. The van der Waals surface area contributed by atoms with E-state index in [9.17, 15) is 0 Å². The third-order valence-corrected chi connectivity index (χ3v) is 3.60. The van der Waals surface area contributed by atoms with Gasteiger partial charge in [-0.15, -0.1) is 0 Å². The Morgan fingerprint density at radius 3 is 2.75 bits per heavy atom. The van der Waals surface area contributed by atoms with Gasteiger partial charge >= 0.3 is 0 Å². The molecule has 0 radical (unpaired) electrons. The van der Waals surface area contributed by atoms with Gasteiger partial charge in [-0.05, 0) is 33.2 Å². The van der Waals surface area contributed by atoms with E-state index in [4.69, 9.17) is 0 Å². The highest BCUT2D eigenvalue weighted by molar-refractivity contribution is 5.91. The number of nitrogens with zero attached hydrogens (tertiary/aromatic N) is 4. The first-order chi connectivity index (χ1) is 11.6. The lowest BCUT2D eigenvalue weighted by atomic mass is 10.2. The van der Waals surface area contributed by atoms with Crippen molar-refractivity contribution in [1.29, 1.82) is 0 Å². The van der Waals surface area contributed by atoms with Gasteiger partial charge in [-0.1, -0.05) is 18.2 Å². The number of pyridine rings is 1. The Morgan fingerprint density at radius 1 is 1.08 bits per heavy atom. The molecule has 6 nitrogen and oxygen atoms in total. The maximum atomic E-state index is 4.55. The second-order valence-corrected chi connectivity index (χ2v) is 5.95. The zero-order chi connectivity index (χ0) is 16.9. The average Bonchev–Trinajstić information content (AvgIpc) is 2.54. The lowest BCUT2D eigenvalue weighted by molar-refractivity contribution is 0.425. The molecular weight excluding hydrogens is 300 g/mol. The van der Waals surface area contributed by atoms with Crippen LogP contribution in [0.25, 0.3) is 10.9 Å². The summed E-state index contributed by atoms with van der Waals surface area (Å²) in [5.74, 6) is 1.39. The van der Waals surface area contributed by atoms with Gasteiger partial charge in [0.2, 0.25) is 5.95 Å². The first kappa shape index (κ1) is 16.1. The lowest BCUT2D eigenvalue weighted by Gasteiger charge is -2.13. The van der Waals surface area contributed by atoms with Gasteiger partial charge in [0.25, 0.3) is 0 Å². The number of likely N-dealkylation sites (N-methyl/N-ethyl adjacent to an activating group) is 1. The van der Waals surface area contributed by atoms with E-state index in [1.165, 1.54) is 0 Å². The summed E-state index contributed by atoms with van der Waals surface area (Å²) in [7, 11) is 4.10. The molecule has 0 spiro atoms. The van der Waals surface area contributed by atoms with Crippen LogP contribution in [0.3, 0.4) is 0 Å². The second kappa shape index (κ2) is 7.23. The molecule has 2 aromatic heterocycles. The van der Waals surface area contributed by atoms with Gasteiger partial charge in [-0.2, -0.15) is 4.98 Å². The SMILES string of the molecule is Cc1cc(NCCN(C)C)nc(Nc2cccc3cccnc23)n1. The van der Waals surface area contributed by atoms with E-state index in [0.717, 1.165) is 41.2 Å². The molecule has 0 amide bonds. The Hall–Kier alpha value is -2.73. The lowest BCUT2D eigenvalue weighted by Crippen LogP contribution is -2.21. The van der Waals surface area contributed by atoms with Crippen LogP contribution in [-0.2, 0) is 0 Å². The summed E-state index contributed by atoms with van der Waals surface area (Å²) in [5.41, 5.74) is 2.72. The highest BCUT2D eigenvalue weighted by atomic mass is 15.2. The number of hydrogen-bond acceptors (Lipinski definition) is 6. The molecule has 0 saturated heterocycles. The zero-order valence-electron chi connectivity index (χ0n) is 14.2. The van der Waals surface area contributed by atoms with E-state index >= 15 is 0 Å². The average molecular weight is 322 g/mol. The zero-order valence-corrected chi connectivity index (χ0v) is 14.2. The minimum atomic E-state index is 0.570. The number of fused-ring (bicyclic) bond motifs is 1. The maximum absolute atomic E-state index is 4.55. The van der Waals surface area contributed by atoms with Gasteiger partial charge in [-0.3, -0.25) is 4.98 Å². The van der Waals surface area contributed by atoms with E-state index in [1.54, 1.807) is 6.20 Å². The summed E-state index contributed by atoms with van der Waals surface area (Å²) in [6.45, 7) is 3.74. The van der Waals surface area contributed by atoms with Gasteiger partial charge in [-0.25, -0.2) is 4.98 Å². The van der Waals surface area contributed by atoms with Crippen LogP contribution in [0.15, 0.2) is 42.6 Å². The molecule has 0 unspecified atom stereocenters. The number of aryl methyl sites for hydroxylation is 1. The normalized spacial score (nSPS) is 11.0. The third kappa shape index (κ3) is 3.97.